The highest BCUT2D eigenvalue weighted by molar-refractivity contribution is 5.80. The molecule has 2 N–H and O–H groups in total. The van der Waals surface area contributed by atoms with Crippen molar-refractivity contribution in [3.05, 3.63) is 23.8 Å². The number of hydrogen-bond acceptors (Lipinski definition) is 5. The van der Waals surface area contributed by atoms with Gasteiger partial charge in [0.2, 0.25) is 0 Å². The predicted molar refractivity (Wildman–Crippen MR) is 80.4 cm³/mol. The van der Waals surface area contributed by atoms with E-state index in [2.05, 4.69) is 23.7 Å². The zero-order chi connectivity index (χ0) is 14.7. The molecule has 2 unspecified atom stereocenters. The fourth-order valence-electron chi connectivity index (χ4n) is 2.53. The van der Waals surface area contributed by atoms with Gasteiger partial charge < -0.3 is 20.1 Å². The van der Waals surface area contributed by atoms with Crippen LogP contribution in [-0.4, -0.2) is 37.7 Å². The van der Waals surface area contributed by atoms with Gasteiger partial charge in [-0.05, 0) is 31.0 Å². The highest BCUT2D eigenvalue weighted by Gasteiger charge is 2.31. The lowest BCUT2D eigenvalue weighted by molar-refractivity contribution is 0.267. The van der Waals surface area contributed by atoms with Gasteiger partial charge in [-0.3, -0.25) is 4.99 Å². The summed E-state index contributed by atoms with van der Waals surface area (Å²) in [6, 6.07) is 6.42. The first kappa shape index (κ1) is 14.5. The average molecular weight is 277 g/mol. The summed E-state index contributed by atoms with van der Waals surface area (Å²) >= 11 is 0. The number of nitrogens with two attached hydrogens (primary N) is 1. The van der Waals surface area contributed by atoms with E-state index >= 15 is 0 Å². The van der Waals surface area contributed by atoms with Gasteiger partial charge >= 0.3 is 0 Å². The van der Waals surface area contributed by atoms with Gasteiger partial charge in [0.1, 0.15) is 11.5 Å². The van der Waals surface area contributed by atoms with Crippen molar-refractivity contribution in [3.63, 3.8) is 0 Å². The van der Waals surface area contributed by atoms with Gasteiger partial charge in [-0.25, -0.2) is 0 Å². The van der Waals surface area contributed by atoms with Crippen LogP contribution < -0.4 is 15.2 Å². The quantitative estimate of drug-likeness (QED) is 0.896. The van der Waals surface area contributed by atoms with E-state index in [9.17, 15) is 0 Å². The molecule has 0 aliphatic carbocycles. The van der Waals surface area contributed by atoms with Crippen molar-refractivity contribution in [1.82, 2.24) is 4.90 Å². The zero-order valence-electron chi connectivity index (χ0n) is 12.6. The number of ether oxygens (including phenoxy) is 2. The molecular formula is C15H23N3O2. The van der Waals surface area contributed by atoms with Crippen molar-refractivity contribution in [2.75, 3.05) is 20.8 Å². The molecule has 20 heavy (non-hydrogen) atoms. The third-order valence-electron chi connectivity index (χ3n) is 3.85. The smallest absolute Gasteiger partial charge is 0.192 e. The predicted octanol–water partition coefficient (Wildman–Crippen LogP) is 2.17. The van der Waals surface area contributed by atoms with Gasteiger partial charge in [0.05, 0.1) is 26.8 Å². The molecule has 1 aliphatic heterocycles. The minimum atomic E-state index is 0.147. The van der Waals surface area contributed by atoms with E-state index in [0.717, 1.165) is 23.5 Å². The molecule has 0 aromatic heterocycles. The van der Waals surface area contributed by atoms with Gasteiger partial charge in [0.15, 0.2) is 5.96 Å². The molecule has 0 saturated heterocycles. The van der Waals surface area contributed by atoms with E-state index in [0.29, 0.717) is 18.5 Å². The molecule has 1 aromatic rings. The maximum Gasteiger partial charge on any atom is 0.192 e. The van der Waals surface area contributed by atoms with Crippen molar-refractivity contribution in [2.45, 2.75) is 32.4 Å². The van der Waals surface area contributed by atoms with Crippen molar-refractivity contribution < 1.29 is 9.47 Å². The summed E-state index contributed by atoms with van der Waals surface area (Å²) in [6.07, 6.45) is 1.02. The molecule has 1 heterocycles. The highest BCUT2D eigenvalue weighted by Crippen LogP contribution is 2.33. The SMILES string of the molecule is CCC(C)N1C(N)=NCC1c1cc(OC)cc(OC)c1. The Balaban J connectivity index is 2.35. The Kier molecular flexibility index (Phi) is 4.37. The maximum absolute atomic E-state index is 6.04. The Morgan fingerprint density at radius 1 is 1.30 bits per heavy atom. The molecular weight excluding hydrogens is 254 g/mol. The number of hydrogen-bond donors (Lipinski definition) is 1. The van der Waals surface area contributed by atoms with Gasteiger partial charge in [-0.1, -0.05) is 6.92 Å². The second-order valence-corrected chi connectivity index (χ2v) is 5.03. The number of guanidine groups is 1. The van der Waals surface area contributed by atoms with Crippen molar-refractivity contribution >= 4 is 5.96 Å². The van der Waals surface area contributed by atoms with E-state index < -0.39 is 0 Å². The summed E-state index contributed by atoms with van der Waals surface area (Å²) < 4.78 is 10.7. The molecule has 0 amide bonds. The largest absolute Gasteiger partial charge is 0.497 e. The third-order valence-corrected chi connectivity index (χ3v) is 3.85. The normalized spacial score (nSPS) is 19.7. The number of aliphatic imine (C=N–C) groups is 1. The molecule has 0 fully saturated rings. The Hall–Kier alpha value is -1.91. The first-order valence-corrected chi connectivity index (χ1v) is 6.91. The molecule has 0 saturated carbocycles. The lowest BCUT2D eigenvalue weighted by Gasteiger charge is -2.32. The zero-order valence-corrected chi connectivity index (χ0v) is 12.6. The van der Waals surface area contributed by atoms with Crippen LogP contribution in [0.25, 0.3) is 0 Å². The topological polar surface area (TPSA) is 60.1 Å². The molecule has 110 valence electrons. The van der Waals surface area contributed by atoms with Gasteiger partial charge in [-0.15, -0.1) is 0 Å². The highest BCUT2D eigenvalue weighted by atomic mass is 16.5. The summed E-state index contributed by atoms with van der Waals surface area (Å²) in [5.74, 6) is 2.19. The average Bonchev–Trinajstić information content (AvgIpc) is 2.87. The van der Waals surface area contributed by atoms with Crippen LogP contribution in [-0.2, 0) is 0 Å². The first-order chi connectivity index (χ1) is 9.60. The number of benzene rings is 1. The standard InChI is InChI=1S/C15H23N3O2/c1-5-10(2)18-14(9-17-15(18)16)11-6-12(19-3)8-13(7-11)20-4/h6-8,10,14H,5,9H2,1-4H3,(H2,16,17). The Labute approximate surface area is 120 Å². The van der Waals surface area contributed by atoms with Crippen LogP contribution in [0.4, 0.5) is 0 Å². The minimum Gasteiger partial charge on any atom is -0.497 e. The molecule has 2 rings (SSSR count). The second-order valence-electron chi connectivity index (χ2n) is 5.03. The summed E-state index contributed by atoms with van der Waals surface area (Å²) in [6.45, 7) is 4.99. The number of nitrogens with zero attached hydrogens (tertiary/aromatic N) is 2. The van der Waals surface area contributed by atoms with Crippen LogP contribution in [0, 0.1) is 0 Å². The van der Waals surface area contributed by atoms with E-state index in [-0.39, 0.29) is 6.04 Å². The van der Waals surface area contributed by atoms with Crippen LogP contribution in [0.2, 0.25) is 0 Å². The lowest BCUT2D eigenvalue weighted by atomic mass is 10.0. The summed E-state index contributed by atoms with van der Waals surface area (Å²) in [7, 11) is 3.31. The Morgan fingerprint density at radius 3 is 2.40 bits per heavy atom. The Bertz CT molecular complexity index is 480. The van der Waals surface area contributed by atoms with Crippen LogP contribution in [0.5, 0.6) is 11.5 Å². The molecule has 0 radical (unpaired) electrons. The molecule has 2 atom stereocenters. The van der Waals surface area contributed by atoms with Crippen LogP contribution >= 0.6 is 0 Å². The molecule has 0 spiro atoms. The van der Waals surface area contributed by atoms with Crippen LogP contribution in [0.15, 0.2) is 23.2 Å². The maximum atomic E-state index is 6.04. The van der Waals surface area contributed by atoms with E-state index in [1.807, 2.05) is 18.2 Å². The summed E-state index contributed by atoms with van der Waals surface area (Å²) in [5, 5.41) is 0. The summed E-state index contributed by atoms with van der Waals surface area (Å²) in [5.41, 5.74) is 7.15. The molecule has 1 aliphatic rings. The molecule has 5 nitrogen and oxygen atoms in total. The van der Waals surface area contributed by atoms with Crippen molar-refractivity contribution in [2.24, 2.45) is 10.7 Å². The number of rotatable bonds is 5. The van der Waals surface area contributed by atoms with E-state index in [1.165, 1.54) is 0 Å². The molecule has 0 bridgehead atoms. The lowest BCUT2D eigenvalue weighted by Crippen LogP contribution is -2.42. The number of methoxy groups -OCH3 is 2. The second kappa shape index (κ2) is 6.03. The Morgan fingerprint density at radius 2 is 1.90 bits per heavy atom. The van der Waals surface area contributed by atoms with Gasteiger partial charge in [0, 0.05) is 12.1 Å². The van der Waals surface area contributed by atoms with Gasteiger partial charge in [-0.2, -0.15) is 0 Å². The van der Waals surface area contributed by atoms with Gasteiger partial charge in [0.25, 0.3) is 0 Å². The molecule has 1 aromatic carbocycles. The van der Waals surface area contributed by atoms with Crippen LogP contribution in [0.3, 0.4) is 0 Å². The van der Waals surface area contributed by atoms with Crippen molar-refractivity contribution in [3.8, 4) is 11.5 Å². The molecule has 5 heteroatoms. The monoisotopic (exact) mass is 277 g/mol. The van der Waals surface area contributed by atoms with Crippen LogP contribution in [0.1, 0.15) is 31.9 Å². The summed E-state index contributed by atoms with van der Waals surface area (Å²) in [4.78, 5) is 6.57. The van der Waals surface area contributed by atoms with E-state index in [4.69, 9.17) is 15.2 Å². The van der Waals surface area contributed by atoms with Crippen molar-refractivity contribution in [1.29, 1.82) is 0 Å². The fourth-order valence-corrected chi connectivity index (χ4v) is 2.53. The van der Waals surface area contributed by atoms with E-state index in [1.54, 1.807) is 14.2 Å². The first-order valence-electron chi connectivity index (χ1n) is 6.91. The third kappa shape index (κ3) is 2.66. The fraction of sp³-hybridized carbons (Fsp3) is 0.533. The minimum absolute atomic E-state index is 0.147.